The van der Waals surface area contributed by atoms with Gasteiger partial charge in [-0.2, -0.15) is 5.10 Å². The highest BCUT2D eigenvalue weighted by Gasteiger charge is 2.30. The highest BCUT2D eigenvalue weighted by molar-refractivity contribution is 6.43. The molecule has 3 aromatic rings. The van der Waals surface area contributed by atoms with Gasteiger partial charge in [0, 0.05) is 24.5 Å². The molecule has 0 radical (unpaired) electrons. The molecule has 0 bridgehead atoms. The maximum absolute atomic E-state index is 13.0. The normalized spacial score (nSPS) is 17.9. The van der Waals surface area contributed by atoms with Gasteiger partial charge >= 0.3 is 0 Å². The summed E-state index contributed by atoms with van der Waals surface area (Å²) in [7, 11) is 1.82. The molecule has 0 unspecified atom stereocenters. The molecule has 1 aromatic heterocycles. The molecule has 2 aliphatic rings. The average molecular weight is 497 g/mol. The molecule has 1 saturated heterocycles. The number of aryl methyl sites for hydroxylation is 1. The van der Waals surface area contributed by atoms with E-state index in [1.807, 2.05) is 7.05 Å². The Morgan fingerprint density at radius 1 is 1.20 bits per heavy atom. The van der Waals surface area contributed by atoms with Gasteiger partial charge in [-0.15, -0.1) is 0 Å². The van der Waals surface area contributed by atoms with Crippen LogP contribution < -0.4 is 10.1 Å². The first-order valence-electron chi connectivity index (χ1n) is 12.0. The van der Waals surface area contributed by atoms with E-state index < -0.39 is 23.8 Å². The lowest BCUT2D eigenvalue weighted by molar-refractivity contribution is -0.118. The van der Waals surface area contributed by atoms with E-state index in [2.05, 4.69) is 15.3 Å². The van der Waals surface area contributed by atoms with Crippen LogP contribution in [0.4, 0.5) is 0 Å². The number of nitrogens with one attached hydrogen (secondary N) is 1. The number of nitrogens with zero attached hydrogens (tertiary/aromatic N) is 3. The minimum absolute atomic E-state index is 0.211. The highest BCUT2D eigenvalue weighted by Crippen LogP contribution is 2.34. The van der Waals surface area contributed by atoms with Crippen molar-refractivity contribution in [3.05, 3.63) is 58.7 Å². The number of hydrogen-bond donors (Lipinski definition) is 2. The Morgan fingerprint density at radius 2 is 1.97 bits per heavy atom. The van der Waals surface area contributed by atoms with Crippen LogP contribution in [0.2, 0.25) is 5.02 Å². The number of rotatable bonds is 9. The summed E-state index contributed by atoms with van der Waals surface area (Å²) >= 11 is 6.41. The molecule has 2 heterocycles. The van der Waals surface area contributed by atoms with Gasteiger partial charge in [-0.05, 0) is 74.7 Å². The van der Waals surface area contributed by atoms with Crippen molar-refractivity contribution < 1.29 is 19.4 Å². The number of carbonyl (C=O) groups is 2. The monoisotopic (exact) mass is 496 g/mol. The minimum atomic E-state index is -1.04. The van der Waals surface area contributed by atoms with Crippen LogP contribution in [0.15, 0.2) is 42.6 Å². The molecule has 1 saturated carbocycles. The van der Waals surface area contributed by atoms with Gasteiger partial charge in [-0.25, -0.2) is 0 Å². The number of amides is 1. The first kappa shape index (κ1) is 23.8. The summed E-state index contributed by atoms with van der Waals surface area (Å²) in [5.41, 5.74) is 1.71. The first-order chi connectivity index (χ1) is 16.9. The lowest BCUT2D eigenvalue weighted by Crippen LogP contribution is -2.48. The Morgan fingerprint density at radius 3 is 2.69 bits per heavy atom. The molecule has 1 aliphatic carbocycles. The number of halogens is 1. The number of aromatic nitrogens is 2. The van der Waals surface area contributed by atoms with Gasteiger partial charge in [0.1, 0.15) is 11.9 Å². The van der Waals surface area contributed by atoms with E-state index in [1.165, 1.54) is 0 Å². The van der Waals surface area contributed by atoms with Gasteiger partial charge in [-0.3, -0.25) is 14.3 Å². The molecule has 2 N–H and O–H groups in total. The largest absolute Gasteiger partial charge is 0.489 e. The van der Waals surface area contributed by atoms with E-state index in [1.54, 1.807) is 47.3 Å². The van der Waals surface area contributed by atoms with Crippen molar-refractivity contribution in [1.82, 2.24) is 20.0 Å². The number of aliphatic hydroxyl groups excluding tert-OH is 1. The van der Waals surface area contributed by atoms with E-state index >= 15 is 0 Å². The molecule has 2 fully saturated rings. The highest BCUT2D eigenvalue weighted by atomic mass is 35.5. The number of likely N-dealkylation sites (tertiary alicyclic amines) is 1. The molecular weight excluding hydrogens is 468 g/mol. The number of benzene rings is 2. The standard InChI is InChI=1S/C26H29ClN4O4/c1-30-22-8-4-16(12-18(22)14-28-30)25(33)26(34)29-21(15-31-10-2-3-11-31)24(32)17-5-9-23(20(27)13-17)35-19-6-7-19/h4-5,8-9,12-14,19,21,24,32H,2-3,6-7,10-11,15H2,1H3,(H,29,34)/t21-,24-/m1/s1. The van der Waals surface area contributed by atoms with Crippen molar-refractivity contribution in [2.75, 3.05) is 19.6 Å². The van der Waals surface area contributed by atoms with Crippen LogP contribution >= 0.6 is 11.6 Å². The van der Waals surface area contributed by atoms with Crippen LogP contribution in [0.25, 0.3) is 10.9 Å². The van der Waals surface area contributed by atoms with Crippen LogP contribution in [-0.4, -0.2) is 63.3 Å². The van der Waals surface area contributed by atoms with Crippen LogP contribution in [-0.2, 0) is 11.8 Å². The quantitative estimate of drug-likeness (QED) is 0.348. The van der Waals surface area contributed by atoms with Gasteiger partial charge < -0.3 is 20.1 Å². The number of ether oxygens (including phenoxy) is 1. The average Bonchev–Trinajstić information content (AvgIpc) is 3.38. The molecule has 1 amide bonds. The van der Waals surface area contributed by atoms with Gasteiger partial charge in [0.2, 0.25) is 5.78 Å². The van der Waals surface area contributed by atoms with Crippen molar-refractivity contribution >= 4 is 34.2 Å². The topological polar surface area (TPSA) is 96.7 Å². The molecule has 0 spiro atoms. The number of ketones is 1. The predicted octanol–water partition coefficient (Wildman–Crippen LogP) is 3.26. The van der Waals surface area contributed by atoms with E-state index in [4.69, 9.17) is 16.3 Å². The lowest BCUT2D eigenvalue weighted by atomic mass is 10.0. The zero-order valence-electron chi connectivity index (χ0n) is 19.6. The fraction of sp³-hybridized carbons (Fsp3) is 0.423. The molecule has 8 nitrogen and oxygen atoms in total. The first-order valence-corrected chi connectivity index (χ1v) is 12.4. The number of aliphatic hydroxyl groups is 1. The Kier molecular flexibility index (Phi) is 6.77. The SMILES string of the molecule is Cn1ncc2cc(C(=O)C(=O)N[C@H](CN3CCCC3)[C@H](O)c3ccc(OC4CC4)c(Cl)c3)ccc21. The number of fused-ring (bicyclic) bond motifs is 1. The van der Waals surface area contributed by atoms with E-state index in [-0.39, 0.29) is 11.7 Å². The van der Waals surface area contributed by atoms with Gasteiger partial charge in [0.05, 0.1) is 28.9 Å². The minimum Gasteiger partial charge on any atom is -0.489 e. The molecule has 2 aromatic carbocycles. The van der Waals surface area contributed by atoms with Crippen molar-refractivity contribution in [1.29, 1.82) is 0 Å². The number of carbonyl (C=O) groups excluding carboxylic acids is 2. The molecule has 2 atom stereocenters. The van der Waals surface area contributed by atoms with Crippen molar-refractivity contribution in [3.63, 3.8) is 0 Å². The second kappa shape index (κ2) is 9.97. The summed E-state index contributed by atoms with van der Waals surface area (Å²) in [5, 5.41) is 19.4. The third kappa shape index (κ3) is 5.34. The van der Waals surface area contributed by atoms with E-state index in [0.29, 0.717) is 22.9 Å². The molecule has 35 heavy (non-hydrogen) atoms. The summed E-state index contributed by atoms with van der Waals surface area (Å²) in [5.74, 6) is -0.817. The molecular formula is C26H29ClN4O4. The second-order valence-electron chi connectivity index (χ2n) is 9.41. The molecule has 1 aliphatic heterocycles. The zero-order valence-corrected chi connectivity index (χ0v) is 20.4. The van der Waals surface area contributed by atoms with E-state index in [0.717, 1.165) is 49.7 Å². The smallest absolute Gasteiger partial charge is 0.292 e. The predicted molar refractivity (Wildman–Crippen MR) is 133 cm³/mol. The lowest BCUT2D eigenvalue weighted by Gasteiger charge is -2.28. The summed E-state index contributed by atoms with van der Waals surface area (Å²) < 4.78 is 7.50. The second-order valence-corrected chi connectivity index (χ2v) is 9.82. The third-order valence-corrected chi connectivity index (χ3v) is 6.98. The van der Waals surface area contributed by atoms with Crippen LogP contribution in [0.5, 0.6) is 5.75 Å². The maximum Gasteiger partial charge on any atom is 0.292 e. The Labute approximate surface area is 208 Å². The Balaban J connectivity index is 1.34. The van der Waals surface area contributed by atoms with Crippen LogP contribution in [0, 0.1) is 0 Å². The summed E-state index contributed by atoms with van der Waals surface area (Å²) in [6, 6.07) is 9.55. The third-order valence-electron chi connectivity index (χ3n) is 6.68. The summed E-state index contributed by atoms with van der Waals surface area (Å²) in [6.45, 7) is 2.21. The number of hydrogen-bond acceptors (Lipinski definition) is 6. The fourth-order valence-corrected chi connectivity index (χ4v) is 4.77. The van der Waals surface area contributed by atoms with Crippen LogP contribution in [0.1, 0.15) is 47.7 Å². The molecule has 9 heteroatoms. The summed E-state index contributed by atoms with van der Waals surface area (Å²) in [6.07, 6.45) is 5.01. The van der Waals surface area contributed by atoms with Crippen molar-refractivity contribution in [3.8, 4) is 5.75 Å². The van der Waals surface area contributed by atoms with E-state index in [9.17, 15) is 14.7 Å². The maximum atomic E-state index is 13.0. The molecule has 184 valence electrons. The van der Waals surface area contributed by atoms with Gasteiger partial charge in [0.25, 0.3) is 5.91 Å². The molecule has 5 rings (SSSR count). The Bertz CT molecular complexity index is 1250. The van der Waals surface area contributed by atoms with Crippen molar-refractivity contribution in [2.45, 2.75) is 43.9 Å². The number of Topliss-reactive ketones (excluding diaryl/α,β-unsaturated/α-hetero) is 1. The Hall–Kier alpha value is -2.94. The summed E-state index contributed by atoms with van der Waals surface area (Å²) in [4.78, 5) is 28.1. The van der Waals surface area contributed by atoms with Gasteiger partial charge in [-0.1, -0.05) is 17.7 Å². The van der Waals surface area contributed by atoms with Crippen LogP contribution in [0.3, 0.4) is 0 Å². The fourth-order valence-electron chi connectivity index (χ4n) is 4.53. The van der Waals surface area contributed by atoms with Crippen molar-refractivity contribution in [2.24, 2.45) is 7.05 Å². The van der Waals surface area contributed by atoms with Gasteiger partial charge in [0.15, 0.2) is 0 Å². The zero-order chi connectivity index (χ0) is 24.5.